The molecule has 4 nitrogen and oxygen atoms in total. The van der Waals surface area contributed by atoms with Crippen LogP contribution in [0.5, 0.6) is 23.0 Å². The van der Waals surface area contributed by atoms with E-state index >= 15 is 0 Å². The van der Waals surface area contributed by atoms with Crippen LogP contribution in [0, 0.1) is 6.92 Å². The number of nitrogens with zero attached hydrogens (tertiary/aromatic N) is 2. The van der Waals surface area contributed by atoms with Crippen molar-refractivity contribution in [1.29, 1.82) is 0 Å². The summed E-state index contributed by atoms with van der Waals surface area (Å²) in [6, 6.07) is 18.4. The number of benzene rings is 3. The van der Waals surface area contributed by atoms with Gasteiger partial charge >= 0.3 is 0 Å². The molecule has 2 aliphatic heterocycles. The number of hydrogen-bond acceptors (Lipinski definition) is 3. The number of hydrogen-bond donors (Lipinski definition) is 0. The Bertz CT molecular complexity index is 1380. The second-order valence-electron chi connectivity index (χ2n) is 7.57. The van der Waals surface area contributed by atoms with E-state index < -0.39 is 0 Å². The highest BCUT2D eigenvalue weighted by Crippen LogP contribution is 2.62. The maximum atomic E-state index is 6.55. The summed E-state index contributed by atoms with van der Waals surface area (Å²) in [5, 5.41) is 1.08. The largest absolute Gasteiger partial charge is 0.453 e. The van der Waals surface area contributed by atoms with Crippen molar-refractivity contribution in [3.63, 3.8) is 0 Å². The average molecular weight is 392 g/mol. The fourth-order valence-electron chi connectivity index (χ4n) is 4.49. The molecular formula is C26H20N2O2. The number of allylic oxidation sites excluding steroid dienone is 2. The first-order valence-electron chi connectivity index (χ1n) is 9.98. The maximum absolute atomic E-state index is 6.55. The fourth-order valence-corrected chi connectivity index (χ4v) is 4.49. The van der Waals surface area contributed by atoms with E-state index in [1.54, 1.807) is 6.08 Å². The molecule has 0 unspecified atom stereocenters. The van der Waals surface area contributed by atoms with Crippen LogP contribution in [0.1, 0.15) is 11.3 Å². The predicted octanol–water partition coefficient (Wildman–Crippen LogP) is 7.37. The number of rotatable bonds is 2. The lowest BCUT2D eigenvalue weighted by molar-refractivity contribution is 0.449. The van der Waals surface area contributed by atoms with Crippen LogP contribution in [-0.2, 0) is 7.05 Å². The van der Waals surface area contributed by atoms with Crippen molar-refractivity contribution >= 4 is 34.0 Å². The SMILES string of the molecule is C=C/C=C\c1c(C)n(C)c2cc3c4c(c12)Oc1ccccc1N4c1ccccc1O3. The van der Waals surface area contributed by atoms with Gasteiger partial charge in [-0.25, -0.2) is 0 Å². The van der Waals surface area contributed by atoms with E-state index in [4.69, 9.17) is 9.47 Å². The smallest absolute Gasteiger partial charge is 0.165 e. The van der Waals surface area contributed by atoms with Gasteiger partial charge < -0.3 is 14.0 Å². The highest BCUT2D eigenvalue weighted by Gasteiger charge is 2.37. The molecule has 0 aliphatic carbocycles. The van der Waals surface area contributed by atoms with Crippen LogP contribution in [0.4, 0.5) is 17.1 Å². The van der Waals surface area contributed by atoms with Gasteiger partial charge in [0.25, 0.3) is 0 Å². The topological polar surface area (TPSA) is 26.6 Å². The van der Waals surface area contributed by atoms with Gasteiger partial charge in [-0.2, -0.15) is 0 Å². The van der Waals surface area contributed by atoms with E-state index in [2.05, 4.69) is 54.3 Å². The minimum absolute atomic E-state index is 0.797. The van der Waals surface area contributed by atoms with E-state index in [0.29, 0.717) is 0 Å². The van der Waals surface area contributed by atoms with E-state index in [1.807, 2.05) is 42.5 Å². The van der Waals surface area contributed by atoms with E-state index in [-0.39, 0.29) is 0 Å². The summed E-state index contributed by atoms with van der Waals surface area (Å²) in [7, 11) is 2.08. The van der Waals surface area contributed by atoms with Crippen molar-refractivity contribution in [3.8, 4) is 23.0 Å². The third-order valence-corrected chi connectivity index (χ3v) is 5.99. The lowest BCUT2D eigenvalue weighted by Gasteiger charge is -2.38. The molecule has 1 aromatic heterocycles. The van der Waals surface area contributed by atoms with Crippen LogP contribution in [0.15, 0.2) is 73.3 Å². The standard InChI is InChI=1S/C26H20N2O2/c1-4-5-10-17-16(2)27(3)20-15-23-25-26(24(17)20)30-22-14-9-7-12-19(22)28(25)18-11-6-8-13-21(18)29-23/h4-15H,1H2,2-3H3/b10-5-. The number of aromatic nitrogens is 1. The lowest BCUT2D eigenvalue weighted by atomic mass is 10.0. The number of aryl methyl sites for hydroxylation is 1. The molecule has 6 rings (SSSR count). The molecule has 0 radical (unpaired) electrons. The molecule has 3 heterocycles. The summed E-state index contributed by atoms with van der Waals surface area (Å²) in [6.07, 6.45) is 5.86. The second-order valence-corrected chi connectivity index (χ2v) is 7.57. The predicted molar refractivity (Wildman–Crippen MR) is 122 cm³/mol. The van der Waals surface area contributed by atoms with Crippen molar-refractivity contribution in [2.24, 2.45) is 7.05 Å². The van der Waals surface area contributed by atoms with Crippen molar-refractivity contribution in [1.82, 2.24) is 4.57 Å². The fraction of sp³-hybridized carbons (Fsp3) is 0.0769. The molecule has 0 saturated carbocycles. The summed E-state index contributed by atoms with van der Waals surface area (Å²) in [6.45, 7) is 5.95. The van der Waals surface area contributed by atoms with Gasteiger partial charge in [0.15, 0.2) is 23.0 Å². The zero-order valence-electron chi connectivity index (χ0n) is 16.8. The Hall–Kier alpha value is -3.92. The molecule has 0 N–H and O–H groups in total. The van der Waals surface area contributed by atoms with Crippen LogP contribution >= 0.6 is 0 Å². The van der Waals surface area contributed by atoms with Crippen molar-refractivity contribution in [2.75, 3.05) is 4.90 Å². The van der Waals surface area contributed by atoms with Gasteiger partial charge in [-0.3, -0.25) is 4.90 Å². The van der Waals surface area contributed by atoms with E-state index in [1.165, 1.54) is 0 Å². The second kappa shape index (κ2) is 6.04. The Morgan fingerprint density at radius 3 is 2.27 bits per heavy atom. The maximum Gasteiger partial charge on any atom is 0.165 e. The molecule has 3 aromatic carbocycles. The first-order chi connectivity index (χ1) is 14.7. The van der Waals surface area contributed by atoms with Crippen molar-refractivity contribution < 1.29 is 9.47 Å². The average Bonchev–Trinajstić information content (AvgIpc) is 3.02. The van der Waals surface area contributed by atoms with Gasteiger partial charge in [0.2, 0.25) is 0 Å². The van der Waals surface area contributed by atoms with E-state index in [9.17, 15) is 0 Å². The van der Waals surface area contributed by atoms with Gasteiger partial charge in [0.1, 0.15) is 5.69 Å². The van der Waals surface area contributed by atoms with E-state index in [0.717, 1.165) is 62.2 Å². The molecule has 4 aromatic rings. The molecule has 2 aliphatic rings. The Labute approximate surface area is 174 Å². The first kappa shape index (κ1) is 17.0. The molecule has 146 valence electrons. The number of ether oxygens (including phenoxy) is 2. The zero-order chi connectivity index (χ0) is 20.4. The summed E-state index contributed by atoms with van der Waals surface area (Å²) in [5.74, 6) is 3.29. The molecule has 30 heavy (non-hydrogen) atoms. The summed E-state index contributed by atoms with van der Waals surface area (Å²) >= 11 is 0. The normalized spacial score (nSPS) is 13.5. The van der Waals surface area contributed by atoms with Crippen LogP contribution in [0.2, 0.25) is 0 Å². The Morgan fingerprint density at radius 1 is 0.900 bits per heavy atom. The van der Waals surface area contributed by atoms with Crippen molar-refractivity contribution in [2.45, 2.75) is 6.92 Å². The summed E-state index contributed by atoms with van der Waals surface area (Å²) in [5.41, 5.74) is 6.33. The lowest BCUT2D eigenvalue weighted by Crippen LogP contribution is -2.20. The van der Waals surface area contributed by atoms with Crippen LogP contribution < -0.4 is 14.4 Å². The molecule has 0 amide bonds. The summed E-state index contributed by atoms with van der Waals surface area (Å²) in [4.78, 5) is 2.26. The van der Waals surface area contributed by atoms with Crippen LogP contribution in [0.25, 0.3) is 17.0 Å². The minimum atomic E-state index is 0.797. The molecule has 0 saturated heterocycles. The van der Waals surface area contributed by atoms with Gasteiger partial charge in [0, 0.05) is 24.4 Å². The highest BCUT2D eigenvalue weighted by atomic mass is 16.5. The zero-order valence-corrected chi connectivity index (χ0v) is 16.8. The molecule has 0 bridgehead atoms. The quantitative estimate of drug-likeness (QED) is 0.288. The monoisotopic (exact) mass is 392 g/mol. The molecule has 0 fully saturated rings. The van der Waals surface area contributed by atoms with Crippen LogP contribution in [-0.4, -0.2) is 4.57 Å². The van der Waals surface area contributed by atoms with Crippen LogP contribution in [0.3, 0.4) is 0 Å². The number of anilines is 3. The Kier molecular flexibility index (Phi) is 3.42. The third-order valence-electron chi connectivity index (χ3n) is 5.99. The molecule has 0 atom stereocenters. The highest BCUT2D eigenvalue weighted by molar-refractivity contribution is 6.07. The number of fused-ring (bicyclic) bond motifs is 6. The van der Waals surface area contributed by atoms with Gasteiger partial charge in [-0.15, -0.1) is 0 Å². The Morgan fingerprint density at radius 2 is 1.57 bits per heavy atom. The third kappa shape index (κ3) is 2.10. The van der Waals surface area contributed by atoms with Gasteiger partial charge in [-0.1, -0.05) is 49.1 Å². The first-order valence-corrected chi connectivity index (χ1v) is 9.98. The Balaban J connectivity index is 1.76. The van der Waals surface area contributed by atoms with Gasteiger partial charge in [-0.05, 0) is 31.2 Å². The minimum Gasteiger partial charge on any atom is -0.453 e. The molecular weight excluding hydrogens is 372 g/mol. The van der Waals surface area contributed by atoms with Gasteiger partial charge in [0.05, 0.1) is 22.3 Å². The summed E-state index contributed by atoms with van der Waals surface area (Å²) < 4.78 is 15.1. The molecule has 0 spiro atoms. The van der Waals surface area contributed by atoms with Crippen molar-refractivity contribution in [3.05, 3.63) is 84.6 Å². The molecule has 4 heteroatoms. The number of para-hydroxylation sites is 4.